The zero-order chi connectivity index (χ0) is 18.4. The van der Waals surface area contributed by atoms with E-state index in [4.69, 9.17) is 0 Å². The molecule has 0 aliphatic carbocycles. The maximum Gasteiger partial charge on any atom is 0.226 e. The first-order valence-electron chi connectivity index (χ1n) is 8.61. The van der Waals surface area contributed by atoms with E-state index in [0.717, 1.165) is 16.9 Å². The Bertz CT molecular complexity index is 736. The van der Waals surface area contributed by atoms with E-state index in [9.17, 15) is 9.59 Å². The first kappa shape index (κ1) is 18.7. The van der Waals surface area contributed by atoms with Crippen LogP contribution in [-0.2, 0) is 9.59 Å². The van der Waals surface area contributed by atoms with Crippen molar-refractivity contribution in [2.45, 2.75) is 40.0 Å². The molecule has 1 N–H and O–H groups in total. The Labute approximate surface area is 149 Å². The van der Waals surface area contributed by atoms with E-state index in [2.05, 4.69) is 19.2 Å². The molecule has 4 heteroatoms. The summed E-state index contributed by atoms with van der Waals surface area (Å²) in [7, 11) is 0. The standard InChI is InChI=1S/C21H26N2O2/c1-15(2)18-8-10-19(11-9-18)22-21(25)12-13-23(17(4)24)20-7-5-6-16(3)14-20/h5-11,14-15H,12-13H2,1-4H3,(H,22,25). The summed E-state index contributed by atoms with van der Waals surface area (Å²) in [6.07, 6.45) is 0.249. The van der Waals surface area contributed by atoms with E-state index >= 15 is 0 Å². The molecule has 0 aliphatic heterocycles. The van der Waals surface area contributed by atoms with Crippen LogP contribution < -0.4 is 10.2 Å². The van der Waals surface area contributed by atoms with Crippen LogP contribution in [0.1, 0.15) is 44.2 Å². The van der Waals surface area contributed by atoms with Crippen LogP contribution in [0.3, 0.4) is 0 Å². The number of benzene rings is 2. The van der Waals surface area contributed by atoms with Crippen LogP contribution in [0.2, 0.25) is 0 Å². The zero-order valence-corrected chi connectivity index (χ0v) is 15.4. The van der Waals surface area contributed by atoms with Gasteiger partial charge in [-0.1, -0.05) is 38.1 Å². The summed E-state index contributed by atoms with van der Waals surface area (Å²) in [5.41, 5.74) is 3.92. The molecular weight excluding hydrogens is 312 g/mol. The number of rotatable bonds is 6. The van der Waals surface area contributed by atoms with Crippen molar-refractivity contribution in [3.63, 3.8) is 0 Å². The van der Waals surface area contributed by atoms with E-state index in [1.807, 2.05) is 55.5 Å². The van der Waals surface area contributed by atoms with Crippen molar-refractivity contribution >= 4 is 23.2 Å². The topological polar surface area (TPSA) is 49.4 Å². The van der Waals surface area contributed by atoms with Crippen molar-refractivity contribution in [3.8, 4) is 0 Å². The third kappa shape index (κ3) is 5.45. The predicted molar refractivity (Wildman–Crippen MR) is 103 cm³/mol. The lowest BCUT2D eigenvalue weighted by molar-refractivity contribution is -0.117. The Balaban J connectivity index is 1.96. The van der Waals surface area contributed by atoms with Gasteiger partial charge in [0.1, 0.15) is 0 Å². The van der Waals surface area contributed by atoms with E-state index in [1.165, 1.54) is 12.5 Å². The molecule has 0 aromatic heterocycles. The van der Waals surface area contributed by atoms with E-state index in [1.54, 1.807) is 4.90 Å². The molecule has 2 rings (SSSR count). The second-order valence-electron chi connectivity index (χ2n) is 6.58. The van der Waals surface area contributed by atoms with Gasteiger partial charge < -0.3 is 10.2 Å². The van der Waals surface area contributed by atoms with Crippen LogP contribution in [-0.4, -0.2) is 18.4 Å². The highest BCUT2D eigenvalue weighted by atomic mass is 16.2. The number of carbonyl (C=O) groups is 2. The van der Waals surface area contributed by atoms with E-state index < -0.39 is 0 Å². The molecule has 2 amide bonds. The molecular formula is C21H26N2O2. The maximum atomic E-state index is 12.2. The largest absolute Gasteiger partial charge is 0.326 e. The van der Waals surface area contributed by atoms with Crippen LogP contribution >= 0.6 is 0 Å². The minimum atomic E-state index is -0.101. The Kier molecular flexibility index (Phi) is 6.34. The highest BCUT2D eigenvalue weighted by Gasteiger charge is 2.13. The second-order valence-corrected chi connectivity index (χ2v) is 6.58. The van der Waals surface area contributed by atoms with Gasteiger partial charge in [0, 0.05) is 31.3 Å². The Morgan fingerprint density at radius 1 is 1.08 bits per heavy atom. The molecule has 0 aliphatic rings. The summed E-state index contributed by atoms with van der Waals surface area (Å²) in [4.78, 5) is 25.8. The highest BCUT2D eigenvalue weighted by molar-refractivity contribution is 5.94. The van der Waals surface area contributed by atoms with Gasteiger partial charge in [-0.3, -0.25) is 9.59 Å². The maximum absolute atomic E-state index is 12.2. The van der Waals surface area contributed by atoms with Crippen LogP contribution in [0.5, 0.6) is 0 Å². The molecule has 0 unspecified atom stereocenters. The average molecular weight is 338 g/mol. The predicted octanol–water partition coefficient (Wildman–Crippen LogP) is 4.50. The van der Waals surface area contributed by atoms with Gasteiger partial charge in [0.2, 0.25) is 11.8 Å². The zero-order valence-electron chi connectivity index (χ0n) is 15.4. The van der Waals surface area contributed by atoms with Gasteiger partial charge in [-0.15, -0.1) is 0 Å². The van der Waals surface area contributed by atoms with Crippen molar-refractivity contribution in [1.29, 1.82) is 0 Å². The monoisotopic (exact) mass is 338 g/mol. The number of nitrogens with one attached hydrogen (secondary N) is 1. The molecule has 0 radical (unpaired) electrons. The fraction of sp³-hybridized carbons (Fsp3) is 0.333. The summed E-state index contributed by atoms with van der Waals surface area (Å²) in [5, 5.41) is 2.89. The van der Waals surface area contributed by atoms with Gasteiger partial charge in [0.15, 0.2) is 0 Å². The van der Waals surface area contributed by atoms with Crippen molar-refractivity contribution in [1.82, 2.24) is 0 Å². The summed E-state index contributed by atoms with van der Waals surface area (Å²) in [6.45, 7) is 8.12. The minimum absolute atomic E-state index is 0.0697. The van der Waals surface area contributed by atoms with Gasteiger partial charge >= 0.3 is 0 Å². The number of aryl methyl sites for hydroxylation is 1. The smallest absolute Gasteiger partial charge is 0.226 e. The number of hydrogen-bond donors (Lipinski definition) is 1. The second kappa shape index (κ2) is 8.47. The van der Waals surface area contributed by atoms with E-state index in [-0.39, 0.29) is 18.2 Å². The van der Waals surface area contributed by atoms with Crippen molar-refractivity contribution in [3.05, 3.63) is 59.7 Å². The fourth-order valence-electron chi connectivity index (χ4n) is 2.65. The fourth-order valence-corrected chi connectivity index (χ4v) is 2.65. The number of anilines is 2. The molecule has 25 heavy (non-hydrogen) atoms. The van der Waals surface area contributed by atoms with Gasteiger partial charge in [-0.2, -0.15) is 0 Å². The van der Waals surface area contributed by atoms with Crippen molar-refractivity contribution in [2.24, 2.45) is 0 Å². The molecule has 0 saturated heterocycles. The van der Waals surface area contributed by atoms with Gasteiger partial charge in [-0.25, -0.2) is 0 Å². The highest BCUT2D eigenvalue weighted by Crippen LogP contribution is 2.18. The number of hydrogen-bond acceptors (Lipinski definition) is 2. The van der Waals surface area contributed by atoms with Crippen LogP contribution in [0.15, 0.2) is 48.5 Å². The molecule has 2 aromatic rings. The summed E-state index contributed by atoms with van der Waals surface area (Å²) >= 11 is 0. The number of amides is 2. The van der Waals surface area contributed by atoms with Gasteiger partial charge in [0.05, 0.1) is 0 Å². The quantitative estimate of drug-likeness (QED) is 0.843. The summed E-state index contributed by atoms with van der Waals surface area (Å²) < 4.78 is 0. The third-order valence-corrected chi connectivity index (χ3v) is 4.12. The number of nitrogens with zero attached hydrogens (tertiary/aromatic N) is 1. The average Bonchev–Trinajstić information content (AvgIpc) is 2.55. The molecule has 0 heterocycles. The molecule has 2 aromatic carbocycles. The van der Waals surface area contributed by atoms with E-state index in [0.29, 0.717) is 12.5 Å². The molecule has 132 valence electrons. The van der Waals surface area contributed by atoms with Crippen LogP contribution in [0.25, 0.3) is 0 Å². The molecule has 0 bridgehead atoms. The van der Waals surface area contributed by atoms with Gasteiger partial charge in [0.25, 0.3) is 0 Å². The number of carbonyl (C=O) groups excluding carboxylic acids is 2. The first-order chi connectivity index (χ1) is 11.9. The minimum Gasteiger partial charge on any atom is -0.326 e. The lowest BCUT2D eigenvalue weighted by Gasteiger charge is -2.21. The molecule has 0 fully saturated rings. The van der Waals surface area contributed by atoms with Crippen molar-refractivity contribution < 1.29 is 9.59 Å². The lowest BCUT2D eigenvalue weighted by atomic mass is 10.0. The normalized spacial score (nSPS) is 10.6. The summed E-state index contributed by atoms with van der Waals surface area (Å²) in [6, 6.07) is 15.6. The Morgan fingerprint density at radius 2 is 1.76 bits per heavy atom. The molecule has 0 saturated carbocycles. The lowest BCUT2D eigenvalue weighted by Crippen LogP contribution is -2.32. The molecule has 4 nitrogen and oxygen atoms in total. The van der Waals surface area contributed by atoms with Gasteiger partial charge in [-0.05, 0) is 48.2 Å². The third-order valence-electron chi connectivity index (χ3n) is 4.12. The van der Waals surface area contributed by atoms with Crippen molar-refractivity contribution in [2.75, 3.05) is 16.8 Å². The van der Waals surface area contributed by atoms with Crippen LogP contribution in [0.4, 0.5) is 11.4 Å². The first-order valence-corrected chi connectivity index (χ1v) is 8.61. The Morgan fingerprint density at radius 3 is 2.32 bits per heavy atom. The molecule has 0 spiro atoms. The molecule has 0 atom stereocenters. The SMILES string of the molecule is CC(=O)N(CCC(=O)Nc1ccc(C(C)C)cc1)c1cccc(C)c1. The van der Waals surface area contributed by atoms with Crippen LogP contribution in [0, 0.1) is 6.92 Å². The summed E-state index contributed by atoms with van der Waals surface area (Å²) in [5.74, 6) is 0.291. The Hall–Kier alpha value is -2.62.